The second kappa shape index (κ2) is 7.17. The summed E-state index contributed by atoms with van der Waals surface area (Å²) in [6.45, 7) is 1.91. The van der Waals surface area contributed by atoms with E-state index >= 15 is 0 Å². The number of aromatic nitrogens is 2. The smallest absolute Gasteiger partial charge is 0.257 e. The first-order chi connectivity index (χ1) is 13.1. The van der Waals surface area contributed by atoms with Crippen molar-refractivity contribution in [1.82, 2.24) is 9.97 Å². The number of hydrogen-bond acceptors (Lipinski definition) is 3. The van der Waals surface area contributed by atoms with Crippen LogP contribution >= 0.6 is 11.6 Å². The molecule has 0 bridgehead atoms. The number of pyridine rings is 2. The average molecular weight is 374 g/mol. The summed E-state index contributed by atoms with van der Waals surface area (Å²) in [6.07, 6.45) is 1.65. The third-order valence-corrected chi connectivity index (χ3v) is 4.64. The predicted octanol–water partition coefficient (Wildman–Crippen LogP) is 5.51. The molecule has 0 fully saturated rings. The Morgan fingerprint density at radius 2 is 1.70 bits per heavy atom. The summed E-state index contributed by atoms with van der Waals surface area (Å²) >= 11 is 6.01. The van der Waals surface area contributed by atoms with E-state index in [0.29, 0.717) is 16.4 Å². The van der Waals surface area contributed by atoms with Crippen LogP contribution in [0, 0.1) is 6.92 Å². The minimum absolute atomic E-state index is 0.208. The maximum atomic E-state index is 13.1. The maximum Gasteiger partial charge on any atom is 0.257 e. The summed E-state index contributed by atoms with van der Waals surface area (Å²) in [7, 11) is 0. The number of carbonyl (C=O) groups is 1. The number of rotatable bonds is 3. The van der Waals surface area contributed by atoms with Gasteiger partial charge in [0.1, 0.15) is 5.82 Å². The van der Waals surface area contributed by atoms with Gasteiger partial charge in [-0.1, -0.05) is 48.0 Å². The van der Waals surface area contributed by atoms with Gasteiger partial charge in [-0.3, -0.25) is 4.79 Å². The fourth-order valence-electron chi connectivity index (χ4n) is 3.10. The van der Waals surface area contributed by atoms with Crippen molar-refractivity contribution in [2.45, 2.75) is 6.92 Å². The van der Waals surface area contributed by atoms with E-state index in [0.717, 1.165) is 27.7 Å². The van der Waals surface area contributed by atoms with Gasteiger partial charge < -0.3 is 5.32 Å². The first-order valence-corrected chi connectivity index (χ1v) is 8.89. The average Bonchev–Trinajstić information content (AvgIpc) is 2.69. The largest absolute Gasteiger partial charge is 0.307 e. The van der Waals surface area contributed by atoms with Gasteiger partial charge in [0.15, 0.2) is 0 Å². The van der Waals surface area contributed by atoms with Crippen LogP contribution in [0.15, 0.2) is 72.9 Å². The van der Waals surface area contributed by atoms with Crippen molar-refractivity contribution in [3.8, 4) is 11.3 Å². The molecule has 2 heterocycles. The monoisotopic (exact) mass is 373 g/mol. The Bertz CT molecular complexity index is 1130. The van der Waals surface area contributed by atoms with E-state index in [4.69, 9.17) is 16.6 Å². The van der Waals surface area contributed by atoms with E-state index in [1.54, 1.807) is 18.3 Å². The lowest BCUT2D eigenvalue weighted by atomic mass is 9.97. The molecule has 0 atom stereocenters. The third-order valence-electron chi connectivity index (χ3n) is 4.39. The van der Waals surface area contributed by atoms with Gasteiger partial charge in [0.05, 0.1) is 16.8 Å². The van der Waals surface area contributed by atoms with E-state index in [1.165, 1.54) is 0 Å². The fourth-order valence-corrected chi connectivity index (χ4v) is 3.23. The number of anilines is 1. The quantitative estimate of drug-likeness (QED) is 0.515. The number of amides is 1. The number of hydrogen-bond donors (Lipinski definition) is 1. The molecule has 0 aliphatic rings. The summed E-state index contributed by atoms with van der Waals surface area (Å²) in [5.41, 5.74) is 3.84. The standard InChI is InChI=1S/C22H16ClN3O/c1-14-20(22(27)26-19-8-4-5-13-24-19)17-6-2-3-7-18(17)25-21(14)15-9-11-16(23)12-10-15/h2-13H,1H3,(H,24,26,27). The zero-order valence-electron chi connectivity index (χ0n) is 14.6. The topological polar surface area (TPSA) is 54.9 Å². The van der Waals surface area contributed by atoms with Gasteiger partial charge in [-0.2, -0.15) is 0 Å². The summed E-state index contributed by atoms with van der Waals surface area (Å²) in [4.78, 5) is 22.1. The van der Waals surface area contributed by atoms with E-state index in [2.05, 4.69) is 10.3 Å². The maximum absolute atomic E-state index is 13.1. The molecule has 132 valence electrons. The number of halogens is 1. The van der Waals surface area contributed by atoms with Gasteiger partial charge in [0, 0.05) is 22.2 Å². The van der Waals surface area contributed by atoms with Gasteiger partial charge in [-0.25, -0.2) is 9.97 Å². The van der Waals surface area contributed by atoms with Crippen LogP contribution in [0.5, 0.6) is 0 Å². The SMILES string of the molecule is Cc1c(-c2ccc(Cl)cc2)nc2ccccc2c1C(=O)Nc1ccccn1. The first kappa shape index (κ1) is 17.2. The van der Waals surface area contributed by atoms with Crippen LogP contribution in [0.25, 0.3) is 22.2 Å². The first-order valence-electron chi connectivity index (χ1n) is 8.51. The van der Waals surface area contributed by atoms with E-state index in [-0.39, 0.29) is 5.91 Å². The van der Waals surface area contributed by atoms with Crippen molar-refractivity contribution in [2.75, 3.05) is 5.32 Å². The number of benzene rings is 2. The van der Waals surface area contributed by atoms with Gasteiger partial charge >= 0.3 is 0 Å². The molecule has 4 aromatic rings. The molecule has 0 saturated carbocycles. The van der Waals surface area contributed by atoms with Crippen molar-refractivity contribution < 1.29 is 4.79 Å². The molecule has 5 heteroatoms. The van der Waals surface area contributed by atoms with Crippen molar-refractivity contribution in [1.29, 1.82) is 0 Å². The summed E-state index contributed by atoms with van der Waals surface area (Å²) in [5.74, 6) is 0.302. The van der Waals surface area contributed by atoms with Crippen molar-refractivity contribution >= 4 is 34.2 Å². The molecule has 0 saturated heterocycles. The molecule has 0 unspecified atom stereocenters. The Hall–Kier alpha value is -3.24. The Labute approximate surface area is 161 Å². The second-order valence-corrected chi connectivity index (χ2v) is 6.59. The van der Waals surface area contributed by atoms with Crippen LogP contribution < -0.4 is 5.32 Å². The highest BCUT2D eigenvalue weighted by Crippen LogP contribution is 2.30. The third kappa shape index (κ3) is 3.39. The lowest BCUT2D eigenvalue weighted by Crippen LogP contribution is -2.16. The normalized spacial score (nSPS) is 10.7. The van der Waals surface area contributed by atoms with Crippen molar-refractivity contribution in [3.63, 3.8) is 0 Å². The minimum Gasteiger partial charge on any atom is -0.307 e. The van der Waals surface area contributed by atoms with Crippen LogP contribution in [0.3, 0.4) is 0 Å². The molecule has 2 aromatic heterocycles. The van der Waals surface area contributed by atoms with Crippen LogP contribution in [-0.2, 0) is 0 Å². The van der Waals surface area contributed by atoms with Gasteiger partial charge in [-0.05, 0) is 42.8 Å². The van der Waals surface area contributed by atoms with Crippen LogP contribution in [-0.4, -0.2) is 15.9 Å². The second-order valence-electron chi connectivity index (χ2n) is 6.15. The molecule has 1 N–H and O–H groups in total. The summed E-state index contributed by atoms with van der Waals surface area (Å²) in [6, 6.07) is 20.5. The molecular formula is C22H16ClN3O. The molecule has 27 heavy (non-hydrogen) atoms. The molecule has 4 nitrogen and oxygen atoms in total. The number of para-hydroxylation sites is 1. The van der Waals surface area contributed by atoms with Crippen LogP contribution in [0.2, 0.25) is 5.02 Å². The van der Waals surface area contributed by atoms with Gasteiger partial charge in [-0.15, -0.1) is 0 Å². The van der Waals surface area contributed by atoms with E-state index < -0.39 is 0 Å². The fraction of sp³-hybridized carbons (Fsp3) is 0.0455. The Kier molecular flexibility index (Phi) is 4.57. The van der Waals surface area contributed by atoms with Gasteiger partial charge in [0.25, 0.3) is 5.91 Å². The molecular weight excluding hydrogens is 358 g/mol. The zero-order chi connectivity index (χ0) is 18.8. The van der Waals surface area contributed by atoms with Crippen molar-refractivity contribution in [2.24, 2.45) is 0 Å². The molecule has 0 aliphatic carbocycles. The molecule has 0 aliphatic heterocycles. The number of nitrogens with one attached hydrogen (secondary N) is 1. The summed E-state index contributed by atoms with van der Waals surface area (Å²) < 4.78 is 0. The van der Waals surface area contributed by atoms with Gasteiger partial charge in [0.2, 0.25) is 0 Å². The molecule has 2 aromatic carbocycles. The Balaban J connectivity index is 1.89. The molecule has 0 radical (unpaired) electrons. The van der Waals surface area contributed by atoms with Crippen LogP contribution in [0.4, 0.5) is 5.82 Å². The Morgan fingerprint density at radius 3 is 2.44 bits per heavy atom. The lowest BCUT2D eigenvalue weighted by Gasteiger charge is -2.14. The lowest BCUT2D eigenvalue weighted by molar-refractivity contribution is 0.102. The molecule has 0 spiro atoms. The highest BCUT2D eigenvalue weighted by atomic mass is 35.5. The molecule has 4 rings (SSSR count). The van der Waals surface area contributed by atoms with E-state index in [9.17, 15) is 4.79 Å². The van der Waals surface area contributed by atoms with E-state index in [1.807, 2.05) is 61.5 Å². The number of fused-ring (bicyclic) bond motifs is 1. The van der Waals surface area contributed by atoms with Crippen LogP contribution in [0.1, 0.15) is 15.9 Å². The number of carbonyl (C=O) groups excluding carboxylic acids is 1. The Morgan fingerprint density at radius 1 is 0.963 bits per heavy atom. The predicted molar refractivity (Wildman–Crippen MR) is 109 cm³/mol. The number of nitrogens with zero attached hydrogens (tertiary/aromatic N) is 2. The highest BCUT2D eigenvalue weighted by Gasteiger charge is 2.19. The molecule has 1 amide bonds. The summed E-state index contributed by atoms with van der Waals surface area (Å²) in [5, 5.41) is 4.34. The minimum atomic E-state index is -0.208. The van der Waals surface area contributed by atoms with Crippen molar-refractivity contribution in [3.05, 3.63) is 89.1 Å². The zero-order valence-corrected chi connectivity index (χ0v) is 15.4. The highest BCUT2D eigenvalue weighted by molar-refractivity contribution is 6.30.